The normalized spacial score (nSPS) is 43.1. The van der Waals surface area contributed by atoms with E-state index in [1.54, 1.807) is 6.08 Å². The van der Waals surface area contributed by atoms with Crippen molar-refractivity contribution in [2.45, 2.75) is 93.3 Å². The number of nitrogens with one attached hydrogen (secondary N) is 4. The second-order valence-corrected chi connectivity index (χ2v) is 11.7. The Balaban J connectivity index is 1.06. The Hall–Kier alpha value is -1.84. The number of ether oxygens (including phenoxy) is 3. The van der Waals surface area contributed by atoms with Crippen LogP contribution in [0.2, 0.25) is 0 Å². The van der Waals surface area contributed by atoms with Gasteiger partial charge < -0.3 is 40.6 Å². The van der Waals surface area contributed by atoms with Crippen molar-refractivity contribution in [1.29, 1.82) is 0 Å². The molecule has 0 aromatic rings. The number of carbonyl (C=O) groups excluding carboxylic acids is 2. The van der Waals surface area contributed by atoms with Gasteiger partial charge in [0.25, 0.3) is 0 Å². The number of fused-ring (bicyclic) bond motifs is 1. The van der Waals surface area contributed by atoms with Crippen molar-refractivity contribution in [2.24, 2.45) is 11.7 Å². The third kappa shape index (κ3) is 5.96. The number of carbonyl (C=O) groups is 2. The summed E-state index contributed by atoms with van der Waals surface area (Å²) in [5.41, 5.74) is 8.82. The number of aliphatic hydroxyl groups is 1. The van der Waals surface area contributed by atoms with E-state index in [9.17, 15) is 14.7 Å². The SMILES string of the molecule is NC(=O)C1NCC(N[C@@H]2CCCC[C@@H]2O)CC1NC1CC(C2COC3C(=O)C=C(N4CCOCC4)OC32)ON1. The summed E-state index contributed by atoms with van der Waals surface area (Å²) in [5, 5.41) is 20.8. The Morgan fingerprint density at radius 3 is 2.74 bits per heavy atom. The molecule has 0 aromatic carbocycles. The van der Waals surface area contributed by atoms with Crippen LogP contribution in [-0.2, 0) is 28.6 Å². The van der Waals surface area contributed by atoms with E-state index in [0.717, 1.165) is 25.7 Å². The molecule has 13 nitrogen and oxygen atoms in total. The number of amides is 1. The predicted molar refractivity (Wildman–Crippen MR) is 138 cm³/mol. The summed E-state index contributed by atoms with van der Waals surface area (Å²) in [7, 11) is 0. The lowest BCUT2D eigenvalue weighted by molar-refractivity contribution is -0.134. The monoisotopic (exact) mass is 550 g/mol. The van der Waals surface area contributed by atoms with Crippen LogP contribution in [0.1, 0.15) is 38.5 Å². The van der Waals surface area contributed by atoms with E-state index in [2.05, 4.69) is 21.4 Å². The number of ketones is 1. The number of hydrogen-bond donors (Lipinski definition) is 6. The molecule has 5 fully saturated rings. The van der Waals surface area contributed by atoms with Crippen LogP contribution < -0.4 is 27.2 Å². The van der Waals surface area contributed by atoms with E-state index in [4.69, 9.17) is 24.8 Å². The molecular formula is C26H42N6O7. The minimum absolute atomic E-state index is 0.0681. The Morgan fingerprint density at radius 2 is 1.95 bits per heavy atom. The molecule has 5 aliphatic heterocycles. The van der Waals surface area contributed by atoms with E-state index in [0.29, 0.717) is 58.2 Å². The maximum Gasteiger partial charge on any atom is 0.236 e. The van der Waals surface area contributed by atoms with Crippen LogP contribution in [0.25, 0.3) is 0 Å². The van der Waals surface area contributed by atoms with Crippen LogP contribution in [0.3, 0.4) is 0 Å². The van der Waals surface area contributed by atoms with Crippen LogP contribution in [0, 0.1) is 5.92 Å². The van der Waals surface area contributed by atoms with Gasteiger partial charge in [0, 0.05) is 50.3 Å². The van der Waals surface area contributed by atoms with Gasteiger partial charge in [0.1, 0.15) is 12.1 Å². The largest absolute Gasteiger partial charge is 0.472 e. The summed E-state index contributed by atoms with van der Waals surface area (Å²) in [4.78, 5) is 33.1. The Morgan fingerprint density at radius 1 is 1.13 bits per heavy atom. The molecule has 1 amide bonds. The average Bonchev–Trinajstić information content (AvgIpc) is 3.58. The maximum absolute atomic E-state index is 12.8. The third-order valence-corrected chi connectivity index (χ3v) is 9.05. The smallest absolute Gasteiger partial charge is 0.236 e. The fraction of sp³-hybridized carbons (Fsp3) is 0.846. The zero-order chi connectivity index (χ0) is 26.9. The molecule has 218 valence electrons. The highest BCUT2D eigenvalue weighted by molar-refractivity contribution is 5.95. The summed E-state index contributed by atoms with van der Waals surface area (Å²) in [6.07, 6.45) is 4.96. The molecular weight excluding hydrogens is 508 g/mol. The van der Waals surface area contributed by atoms with Crippen LogP contribution in [0.4, 0.5) is 0 Å². The molecule has 0 bridgehead atoms. The second-order valence-electron chi connectivity index (χ2n) is 11.7. The van der Waals surface area contributed by atoms with Gasteiger partial charge in [-0.25, -0.2) is 0 Å². The minimum Gasteiger partial charge on any atom is -0.472 e. The third-order valence-electron chi connectivity index (χ3n) is 9.05. The first-order chi connectivity index (χ1) is 19.0. The molecule has 4 saturated heterocycles. The van der Waals surface area contributed by atoms with Gasteiger partial charge >= 0.3 is 0 Å². The quantitative estimate of drug-likeness (QED) is 0.203. The molecule has 6 rings (SSSR count). The Kier molecular flexibility index (Phi) is 8.38. The van der Waals surface area contributed by atoms with Gasteiger partial charge in [-0.1, -0.05) is 12.8 Å². The summed E-state index contributed by atoms with van der Waals surface area (Å²) in [5.74, 6) is -0.0146. The molecule has 0 spiro atoms. The first-order valence-electron chi connectivity index (χ1n) is 14.5. The predicted octanol–water partition coefficient (Wildman–Crippen LogP) is -2.17. The zero-order valence-electron chi connectivity index (χ0n) is 22.3. The molecule has 0 aromatic heterocycles. The molecule has 13 heteroatoms. The molecule has 39 heavy (non-hydrogen) atoms. The first kappa shape index (κ1) is 27.3. The standard InChI is InChI=1S/C26H42N6O7/c27-26(35)23-17(9-14(12-28-23)29-16-3-1-2-4-18(16)33)30-21-11-20(39-31-21)15-13-37-25-19(34)10-22(38-24(15)25)32-5-7-36-8-6-32/h10,14-18,20-21,23-25,28-31,33H,1-9,11-13H2,(H2,27,35)/t14?,15?,16-,17?,18+,20?,21?,23?,24?,25?/m1/s1. The number of aliphatic hydroxyl groups excluding tert-OH is 1. The van der Waals surface area contributed by atoms with Crippen molar-refractivity contribution < 1.29 is 33.7 Å². The van der Waals surface area contributed by atoms with Crippen molar-refractivity contribution in [2.75, 3.05) is 39.5 Å². The van der Waals surface area contributed by atoms with Crippen LogP contribution >= 0.6 is 0 Å². The van der Waals surface area contributed by atoms with E-state index in [-0.39, 0.29) is 48.2 Å². The van der Waals surface area contributed by atoms with E-state index in [1.165, 1.54) is 0 Å². The van der Waals surface area contributed by atoms with Gasteiger partial charge in [-0.2, -0.15) is 5.48 Å². The van der Waals surface area contributed by atoms with Gasteiger partial charge in [0.2, 0.25) is 5.91 Å². The molecule has 5 heterocycles. The molecule has 1 saturated carbocycles. The lowest BCUT2D eigenvalue weighted by Gasteiger charge is -2.40. The summed E-state index contributed by atoms with van der Waals surface area (Å²) in [6, 6.07) is -0.561. The van der Waals surface area contributed by atoms with E-state index < -0.39 is 24.2 Å². The number of primary amides is 1. The lowest BCUT2D eigenvalue weighted by atomic mass is 9.88. The topological polar surface area (TPSA) is 169 Å². The van der Waals surface area contributed by atoms with Crippen LogP contribution in [0.5, 0.6) is 0 Å². The van der Waals surface area contributed by atoms with Gasteiger partial charge in [-0.05, 0) is 19.3 Å². The van der Waals surface area contributed by atoms with Crippen molar-refractivity contribution in [3.05, 3.63) is 12.0 Å². The molecule has 1 aliphatic carbocycles. The lowest BCUT2D eigenvalue weighted by Crippen LogP contribution is -2.66. The first-order valence-corrected chi connectivity index (χ1v) is 14.5. The van der Waals surface area contributed by atoms with Crippen molar-refractivity contribution in [3.63, 3.8) is 0 Å². The van der Waals surface area contributed by atoms with E-state index in [1.807, 2.05) is 4.90 Å². The molecule has 7 N–H and O–H groups in total. The minimum atomic E-state index is -0.626. The number of piperidine rings is 1. The van der Waals surface area contributed by atoms with Gasteiger partial charge in [0.15, 0.2) is 17.8 Å². The number of nitrogens with zero attached hydrogens (tertiary/aromatic N) is 1. The van der Waals surface area contributed by atoms with Gasteiger partial charge in [-0.3, -0.25) is 19.7 Å². The average molecular weight is 551 g/mol. The van der Waals surface area contributed by atoms with Crippen molar-refractivity contribution in [3.8, 4) is 0 Å². The molecule has 6 aliphatic rings. The second kappa shape index (κ2) is 12.0. The fourth-order valence-corrected chi connectivity index (χ4v) is 6.92. The molecule has 10 atom stereocenters. The van der Waals surface area contributed by atoms with Gasteiger partial charge in [-0.15, -0.1) is 0 Å². The van der Waals surface area contributed by atoms with Crippen molar-refractivity contribution in [1.82, 2.24) is 26.3 Å². The maximum atomic E-state index is 12.8. The number of nitrogens with two attached hydrogens (primary N) is 1. The summed E-state index contributed by atoms with van der Waals surface area (Å²) < 4.78 is 17.6. The highest BCUT2D eigenvalue weighted by atomic mass is 16.7. The van der Waals surface area contributed by atoms with Crippen molar-refractivity contribution >= 4 is 11.7 Å². The summed E-state index contributed by atoms with van der Waals surface area (Å²) >= 11 is 0. The Labute approximate surface area is 228 Å². The number of morpholine rings is 1. The number of hydroxylamine groups is 1. The fourth-order valence-electron chi connectivity index (χ4n) is 6.92. The zero-order valence-corrected chi connectivity index (χ0v) is 22.3. The van der Waals surface area contributed by atoms with Crippen LogP contribution in [-0.4, -0.2) is 116 Å². The van der Waals surface area contributed by atoms with Crippen LogP contribution in [0.15, 0.2) is 12.0 Å². The Bertz CT molecular complexity index is 932. The number of hydrogen-bond acceptors (Lipinski definition) is 12. The number of rotatable bonds is 7. The highest BCUT2D eigenvalue weighted by Gasteiger charge is 2.51. The highest BCUT2D eigenvalue weighted by Crippen LogP contribution is 2.36. The van der Waals surface area contributed by atoms with E-state index >= 15 is 0 Å². The molecule has 0 radical (unpaired) electrons. The molecule has 8 unspecified atom stereocenters. The summed E-state index contributed by atoms with van der Waals surface area (Å²) in [6.45, 7) is 3.55. The van der Waals surface area contributed by atoms with Gasteiger partial charge in [0.05, 0.1) is 44.1 Å².